The average Bonchev–Trinajstić information content (AvgIpc) is 2.65. The third-order valence-electron chi connectivity index (χ3n) is 1.90. The van der Waals surface area contributed by atoms with Gasteiger partial charge in [-0.3, -0.25) is 9.59 Å². The molecule has 0 unspecified atom stereocenters. The van der Waals surface area contributed by atoms with E-state index in [1.165, 1.54) is 6.07 Å². The third-order valence-corrected chi connectivity index (χ3v) is 2.22. The van der Waals surface area contributed by atoms with Crippen molar-refractivity contribution in [1.82, 2.24) is 0 Å². The Hall–Kier alpha value is -1.55. The van der Waals surface area contributed by atoms with Crippen LogP contribution in [0.1, 0.15) is 20.7 Å². The molecule has 0 atom stereocenters. The Bertz CT molecular complexity index is 414. The van der Waals surface area contributed by atoms with E-state index in [2.05, 4.69) is 0 Å². The van der Waals surface area contributed by atoms with Crippen molar-refractivity contribution in [3.8, 4) is 11.5 Å². The summed E-state index contributed by atoms with van der Waals surface area (Å²) in [4.78, 5) is 21.3. The van der Waals surface area contributed by atoms with Gasteiger partial charge in [-0.1, -0.05) is 11.6 Å². The molecule has 0 radical (unpaired) electrons. The fourth-order valence-corrected chi connectivity index (χ4v) is 1.53. The maximum atomic E-state index is 10.7. The zero-order valence-corrected chi connectivity index (χ0v) is 7.71. The zero-order valence-electron chi connectivity index (χ0n) is 6.95. The largest absolute Gasteiger partial charge is 0.453 e. The number of hydrogen-bond acceptors (Lipinski definition) is 4. The van der Waals surface area contributed by atoms with Crippen LogP contribution in [-0.2, 0) is 0 Å². The molecule has 1 aliphatic rings. The highest BCUT2D eigenvalue weighted by Crippen LogP contribution is 2.41. The Morgan fingerprint density at radius 1 is 1.21 bits per heavy atom. The van der Waals surface area contributed by atoms with Crippen molar-refractivity contribution >= 4 is 24.2 Å². The van der Waals surface area contributed by atoms with Gasteiger partial charge in [0.05, 0.1) is 16.1 Å². The summed E-state index contributed by atoms with van der Waals surface area (Å²) in [7, 11) is 0. The predicted octanol–water partition coefficient (Wildman–Crippen LogP) is 1.69. The molecule has 0 N–H and O–H groups in total. The van der Waals surface area contributed by atoms with Gasteiger partial charge in [-0.2, -0.15) is 0 Å². The smallest absolute Gasteiger partial charge is 0.231 e. The second-order valence-corrected chi connectivity index (χ2v) is 3.07. The second kappa shape index (κ2) is 3.31. The lowest BCUT2D eigenvalue weighted by molar-refractivity contribution is 0.111. The standard InChI is InChI=1S/C9H5ClO4/c10-7-1-5(2-11)8-9(6(7)3-12)14-4-13-8/h1-3H,4H2. The van der Waals surface area contributed by atoms with Crippen LogP contribution in [0, 0.1) is 0 Å². The van der Waals surface area contributed by atoms with Crippen LogP contribution < -0.4 is 9.47 Å². The molecule has 4 nitrogen and oxygen atoms in total. The van der Waals surface area contributed by atoms with Crippen LogP contribution in [0.4, 0.5) is 0 Å². The number of ether oxygens (including phenoxy) is 2. The molecule has 0 amide bonds. The minimum atomic E-state index is -0.00262. The number of rotatable bonds is 2. The van der Waals surface area contributed by atoms with Crippen LogP contribution in [0.5, 0.6) is 11.5 Å². The van der Waals surface area contributed by atoms with Crippen LogP contribution in [0.25, 0.3) is 0 Å². The fraction of sp³-hybridized carbons (Fsp3) is 0.111. The molecule has 0 aliphatic carbocycles. The third kappa shape index (κ3) is 1.15. The minimum Gasteiger partial charge on any atom is -0.453 e. The summed E-state index contributed by atoms with van der Waals surface area (Å²) in [5, 5.41) is 0.186. The van der Waals surface area contributed by atoms with Gasteiger partial charge in [0.2, 0.25) is 6.79 Å². The first kappa shape index (κ1) is 9.02. The molecule has 72 valence electrons. The number of aldehydes is 2. The summed E-state index contributed by atoms with van der Waals surface area (Å²) in [5.74, 6) is 0.529. The van der Waals surface area contributed by atoms with E-state index in [-0.39, 0.29) is 34.4 Å². The Morgan fingerprint density at radius 3 is 2.57 bits per heavy atom. The van der Waals surface area contributed by atoms with Gasteiger partial charge in [0.25, 0.3) is 0 Å². The van der Waals surface area contributed by atoms with Crippen LogP contribution in [0.15, 0.2) is 6.07 Å². The molecular weight excluding hydrogens is 208 g/mol. The predicted molar refractivity (Wildman–Crippen MR) is 48.4 cm³/mol. The lowest BCUT2D eigenvalue weighted by Crippen LogP contribution is -1.94. The average molecular weight is 213 g/mol. The highest BCUT2D eigenvalue weighted by molar-refractivity contribution is 6.33. The maximum absolute atomic E-state index is 10.7. The molecule has 5 heteroatoms. The summed E-state index contributed by atoms with van der Waals surface area (Å²) >= 11 is 5.77. The van der Waals surface area contributed by atoms with E-state index in [0.717, 1.165) is 0 Å². The van der Waals surface area contributed by atoms with Crippen LogP contribution >= 0.6 is 11.6 Å². The van der Waals surface area contributed by atoms with E-state index in [0.29, 0.717) is 12.6 Å². The number of benzene rings is 1. The van der Waals surface area contributed by atoms with Crippen LogP contribution in [0.3, 0.4) is 0 Å². The Morgan fingerprint density at radius 2 is 1.93 bits per heavy atom. The Balaban J connectivity index is 2.73. The summed E-state index contributed by atoms with van der Waals surface area (Å²) in [6.07, 6.45) is 1.18. The van der Waals surface area contributed by atoms with Crippen molar-refractivity contribution in [2.45, 2.75) is 0 Å². The molecule has 14 heavy (non-hydrogen) atoms. The summed E-state index contributed by atoms with van der Waals surface area (Å²) < 4.78 is 10.1. The van der Waals surface area contributed by atoms with E-state index >= 15 is 0 Å². The summed E-state index contributed by atoms with van der Waals surface area (Å²) in [5.41, 5.74) is 0.498. The topological polar surface area (TPSA) is 52.6 Å². The van der Waals surface area contributed by atoms with Gasteiger partial charge in [0, 0.05) is 0 Å². The first-order chi connectivity index (χ1) is 6.77. The molecule has 1 aromatic rings. The molecule has 2 rings (SSSR count). The number of fused-ring (bicyclic) bond motifs is 1. The monoisotopic (exact) mass is 212 g/mol. The molecule has 1 heterocycles. The minimum absolute atomic E-state index is 0.00262. The van der Waals surface area contributed by atoms with Gasteiger partial charge in [-0.05, 0) is 6.07 Å². The van der Waals surface area contributed by atoms with E-state index in [1.807, 2.05) is 0 Å². The molecule has 1 aliphatic heterocycles. The number of carbonyl (C=O) groups is 2. The van der Waals surface area contributed by atoms with Crippen molar-refractivity contribution in [2.75, 3.05) is 6.79 Å². The normalized spacial score (nSPS) is 12.6. The Labute approximate surface area is 84.4 Å². The van der Waals surface area contributed by atoms with E-state index in [1.54, 1.807) is 0 Å². The first-order valence-electron chi connectivity index (χ1n) is 3.80. The summed E-state index contributed by atoms with van der Waals surface area (Å²) in [6, 6.07) is 1.38. The highest BCUT2D eigenvalue weighted by atomic mass is 35.5. The first-order valence-corrected chi connectivity index (χ1v) is 4.18. The maximum Gasteiger partial charge on any atom is 0.231 e. The lowest BCUT2D eigenvalue weighted by atomic mass is 10.1. The molecule has 0 fully saturated rings. The zero-order chi connectivity index (χ0) is 10.1. The van der Waals surface area contributed by atoms with Crippen molar-refractivity contribution in [1.29, 1.82) is 0 Å². The SMILES string of the molecule is O=Cc1cc(Cl)c(C=O)c2c1OCO2. The quantitative estimate of drug-likeness (QED) is 0.700. The van der Waals surface area contributed by atoms with Gasteiger partial charge in [0.15, 0.2) is 24.1 Å². The Kier molecular flexibility index (Phi) is 2.13. The summed E-state index contributed by atoms with van der Waals surface area (Å²) in [6.45, 7) is -0.00262. The second-order valence-electron chi connectivity index (χ2n) is 2.66. The molecular formula is C9H5ClO4. The van der Waals surface area contributed by atoms with Crippen LogP contribution in [0.2, 0.25) is 5.02 Å². The van der Waals surface area contributed by atoms with Crippen molar-refractivity contribution in [3.05, 3.63) is 22.2 Å². The fourth-order valence-electron chi connectivity index (χ4n) is 1.28. The van der Waals surface area contributed by atoms with Crippen molar-refractivity contribution in [2.24, 2.45) is 0 Å². The molecule has 0 saturated heterocycles. The van der Waals surface area contributed by atoms with E-state index < -0.39 is 0 Å². The molecule has 1 aromatic carbocycles. The lowest BCUT2D eigenvalue weighted by Gasteiger charge is -2.03. The molecule has 0 spiro atoms. The molecule has 0 bridgehead atoms. The number of hydrogen-bond donors (Lipinski definition) is 0. The number of carbonyl (C=O) groups excluding carboxylic acids is 2. The van der Waals surface area contributed by atoms with E-state index in [9.17, 15) is 9.59 Å². The van der Waals surface area contributed by atoms with Crippen molar-refractivity contribution < 1.29 is 19.1 Å². The molecule has 0 saturated carbocycles. The molecule has 0 aromatic heterocycles. The van der Waals surface area contributed by atoms with Gasteiger partial charge < -0.3 is 9.47 Å². The van der Waals surface area contributed by atoms with Gasteiger partial charge in [-0.25, -0.2) is 0 Å². The van der Waals surface area contributed by atoms with E-state index in [4.69, 9.17) is 21.1 Å². The van der Waals surface area contributed by atoms with Crippen LogP contribution in [-0.4, -0.2) is 19.4 Å². The van der Waals surface area contributed by atoms with Gasteiger partial charge in [-0.15, -0.1) is 0 Å². The highest BCUT2D eigenvalue weighted by Gasteiger charge is 2.24. The van der Waals surface area contributed by atoms with Gasteiger partial charge >= 0.3 is 0 Å². The number of halogens is 1. The van der Waals surface area contributed by atoms with Gasteiger partial charge in [0.1, 0.15) is 0 Å². The van der Waals surface area contributed by atoms with Crippen molar-refractivity contribution in [3.63, 3.8) is 0 Å².